The number of aliphatic hydroxyl groups is 1. The van der Waals surface area contributed by atoms with E-state index in [0.29, 0.717) is 4.83 Å². The largest absolute Gasteiger partial charge is 0.391 e. The first-order chi connectivity index (χ1) is 5.77. The Bertz CT molecular complexity index is 241. The van der Waals surface area contributed by atoms with Crippen molar-refractivity contribution in [1.29, 1.82) is 0 Å². The van der Waals surface area contributed by atoms with E-state index in [4.69, 9.17) is 0 Å². The number of aliphatic hydroxyl groups excluding tert-OH is 1. The molecule has 2 rings (SSSR count). The van der Waals surface area contributed by atoms with Crippen molar-refractivity contribution >= 4 is 31.9 Å². The number of halogens is 2. The van der Waals surface area contributed by atoms with Crippen LogP contribution in [0.15, 0.2) is 0 Å². The SMILES string of the molecule is CC1(C)C(O)C2(Br)CCC1(C)C2Br. The molecule has 76 valence electrons. The van der Waals surface area contributed by atoms with Crippen molar-refractivity contribution in [2.24, 2.45) is 10.8 Å². The summed E-state index contributed by atoms with van der Waals surface area (Å²) in [5, 5.41) is 10.3. The molecule has 2 fully saturated rings. The molecule has 1 N–H and O–H groups in total. The fourth-order valence-corrected chi connectivity index (χ4v) is 5.64. The number of rotatable bonds is 0. The van der Waals surface area contributed by atoms with E-state index in [1.165, 1.54) is 6.42 Å². The molecule has 0 radical (unpaired) electrons. The smallest absolute Gasteiger partial charge is 0.0760 e. The van der Waals surface area contributed by atoms with Crippen LogP contribution in [0.4, 0.5) is 0 Å². The molecule has 0 spiro atoms. The predicted molar refractivity (Wildman–Crippen MR) is 61.5 cm³/mol. The third-order valence-electron chi connectivity index (χ3n) is 4.62. The molecular formula is C10H16Br2O. The summed E-state index contributed by atoms with van der Waals surface area (Å²) in [6.45, 7) is 6.63. The van der Waals surface area contributed by atoms with Crippen LogP contribution < -0.4 is 0 Å². The van der Waals surface area contributed by atoms with Gasteiger partial charge in [0.2, 0.25) is 0 Å². The van der Waals surface area contributed by atoms with E-state index in [2.05, 4.69) is 52.6 Å². The maximum Gasteiger partial charge on any atom is 0.0760 e. The van der Waals surface area contributed by atoms with E-state index in [1.54, 1.807) is 0 Å². The zero-order valence-electron chi connectivity index (χ0n) is 8.27. The summed E-state index contributed by atoms with van der Waals surface area (Å²) in [5.41, 5.74) is 0.221. The topological polar surface area (TPSA) is 20.2 Å². The molecule has 0 aromatic rings. The van der Waals surface area contributed by atoms with Gasteiger partial charge in [-0.2, -0.15) is 0 Å². The highest BCUT2D eigenvalue weighted by Gasteiger charge is 2.71. The summed E-state index contributed by atoms with van der Waals surface area (Å²) < 4.78 is -0.0920. The zero-order valence-corrected chi connectivity index (χ0v) is 11.4. The van der Waals surface area contributed by atoms with Crippen molar-refractivity contribution in [2.45, 2.75) is 48.9 Å². The molecule has 0 amide bonds. The molecule has 3 heteroatoms. The first-order valence-electron chi connectivity index (χ1n) is 4.78. The lowest BCUT2D eigenvalue weighted by molar-refractivity contribution is -0.0214. The molecule has 0 saturated heterocycles. The first kappa shape index (κ1) is 10.4. The van der Waals surface area contributed by atoms with Gasteiger partial charge < -0.3 is 5.11 Å². The lowest BCUT2D eigenvalue weighted by Crippen LogP contribution is -2.45. The Morgan fingerprint density at radius 2 is 1.77 bits per heavy atom. The second kappa shape index (κ2) is 2.53. The minimum absolute atomic E-state index is 0.00289. The van der Waals surface area contributed by atoms with Crippen molar-refractivity contribution in [3.8, 4) is 0 Å². The van der Waals surface area contributed by atoms with Crippen molar-refractivity contribution in [1.82, 2.24) is 0 Å². The Kier molecular flexibility index (Phi) is 2.03. The first-order valence-corrected chi connectivity index (χ1v) is 6.49. The third kappa shape index (κ3) is 0.920. The van der Waals surface area contributed by atoms with E-state index >= 15 is 0 Å². The molecule has 13 heavy (non-hydrogen) atoms. The Morgan fingerprint density at radius 1 is 1.23 bits per heavy atom. The lowest BCUT2D eigenvalue weighted by atomic mass is 9.65. The van der Waals surface area contributed by atoms with Crippen LogP contribution in [0.5, 0.6) is 0 Å². The van der Waals surface area contributed by atoms with Gasteiger partial charge in [-0.1, -0.05) is 52.6 Å². The van der Waals surface area contributed by atoms with Crippen LogP contribution in [-0.4, -0.2) is 20.4 Å². The summed E-state index contributed by atoms with van der Waals surface area (Å²) in [6.07, 6.45) is 2.02. The van der Waals surface area contributed by atoms with Crippen LogP contribution in [0.2, 0.25) is 0 Å². The maximum atomic E-state index is 10.3. The molecule has 2 bridgehead atoms. The number of alkyl halides is 2. The molecule has 2 saturated carbocycles. The molecule has 0 aliphatic heterocycles. The maximum absolute atomic E-state index is 10.3. The summed E-state index contributed by atoms with van der Waals surface area (Å²) >= 11 is 7.48. The molecule has 4 unspecified atom stereocenters. The van der Waals surface area contributed by atoms with Gasteiger partial charge in [0.05, 0.1) is 10.4 Å². The number of fused-ring (bicyclic) bond motifs is 2. The van der Waals surface area contributed by atoms with Gasteiger partial charge in [0.25, 0.3) is 0 Å². The second-order valence-corrected chi connectivity index (χ2v) is 7.72. The van der Waals surface area contributed by atoms with Gasteiger partial charge in [0.15, 0.2) is 0 Å². The molecule has 0 aromatic heterocycles. The van der Waals surface area contributed by atoms with Gasteiger partial charge in [-0.25, -0.2) is 0 Å². The quantitative estimate of drug-likeness (QED) is 0.682. The van der Waals surface area contributed by atoms with Gasteiger partial charge in [0.1, 0.15) is 0 Å². The standard InChI is InChI=1S/C10H16Br2O/c1-8(2)7(13)10(12)5-4-9(8,3)6(10)11/h6-7,13H,4-5H2,1-3H3. The van der Waals surface area contributed by atoms with Crippen LogP contribution in [0.1, 0.15) is 33.6 Å². The van der Waals surface area contributed by atoms with Crippen LogP contribution >= 0.6 is 31.9 Å². The predicted octanol–water partition coefficient (Wildman–Crippen LogP) is 3.08. The Hall–Kier alpha value is 0.920. The van der Waals surface area contributed by atoms with E-state index in [-0.39, 0.29) is 21.3 Å². The van der Waals surface area contributed by atoms with Gasteiger partial charge >= 0.3 is 0 Å². The minimum Gasteiger partial charge on any atom is -0.391 e. The third-order valence-corrected chi connectivity index (χ3v) is 8.35. The Balaban J connectivity index is 2.52. The summed E-state index contributed by atoms with van der Waals surface area (Å²) in [6, 6.07) is 0. The van der Waals surface area contributed by atoms with Crippen molar-refractivity contribution < 1.29 is 5.11 Å². The average molecular weight is 312 g/mol. The van der Waals surface area contributed by atoms with Gasteiger partial charge in [-0.05, 0) is 23.7 Å². The summed E-state index contributed by atoms with van der Waals surface area (Å²) in [5.74, 6) is 0. The van der Waals surface area contributed by atoms with Crippen molar-refractivity contribution in [3.63, 3.8) is 0 Å². The highest BCUT2D eigenvalue weighted by atomic mass is 79.9. The molecule has 1 nitrogen and oxygen atoms in total. The molecule has 2 aliphatic carbocycles. The summed E-state index contributed by atoms with van der Waals surface area (Å²) in [7, 11) is 0. The normalized spacial score (nSPS) is 58.6. The van der Waals surface area contributed by atoms with E-state index in [0.717, 1.165) is 6.42 Å². The highest BCUT2D eigenvalue weighted by molar-refractivity contribution is 9.12. The average Bonchev–Trinajstić information content (AvgIpc) is 2.34. The van der Waals surface area contributed by atoms with Gasteiger partial charge in [-0.15, -0.1) is 0 Å². The molecule has 0 heterocycles. The molecule has 4 atom stereocenters. The molecular weight excluding hydrogens is 296 g/mol. The number of hydrogen-bond donors (Lipinski definition) is 1. The fourth-order valence-electron chi connectivity index (χ4n) is 3.07. The Morgan fingerprint density at radius 3 is 2.00 bits per heavy atom. The van der Waals surface area contributed by atoms with E-state index in [9.17, 15) is 5.11 Å². The van der Waals surface area contributed by atoms with E-state index < -0.39 is 0 Å². The van der Waals surface area contributed by atoms with Crippen molar-refractivity contribution in [2.75, 3.05) is 0 Å². The van der Waals surface area contributed by atoms with E-state index in [1.807, 2.05) is 0 Å². The molecule has 2 aliphatic rings. The van der Waals surface area contributed by atoms with Gasteiger partial charge in [0, 0.05) is 4.83 Å². The zero-order chi connectivity index (χ0) is 10.1. The van der Waals surface area contributed by atoms with Crippen LogP contribution in [0.25, 0.3) is 0 Å². The fraction of sp³-hybridized carbons (Fsp3) is 1.00. The minimum atomic E-state index is -0.247. The van der Waals surface area contributed by atoms with Crippen molar-refractivity contribution in [3.05, 3.63) is 0 Å². The van der Waals surface area contributed by atoms with Crippen LogP contribution in [0, 0.1) is 10.8 Å². The monoisotopic (exact) mass is 310 g/mol. The highest BCUT2D eigenvalue weighted by Crippen LogP contribution is 2.70. The van der Waals surface area contributed by atoms with Crippen LogP contribution in [0.3, 0.4) is 0 Å². The van der Waals surface area contributed by atoms with Gasteiger partial charge in [-0.3, -0.25) is 0 Å². The van der Waals surface area contributed by atoms with Crippen LogP contribution in [-0.2, 0) is 0 Å². The number of hydrogen-bond acceptors (Lipinski definition) is 1. The molecule has 0 aromatic carbocycles. The summed E-state index contributed by atoms with van der Waals surface area (Å²) in [4.78, 5) is 0.387. The second-order valence-electron chi connectivity index (χ2n) is 5.33. The Labute approximate surface area is 96.5 Å². The lowest BCUT2D eigenvalue weighted by Gasteiger charge is -2.43.